The summed E-state index contributed by atoms with van der Waals surface area (Å²) in [5, 5.41) is 5.09. The molecule has 1 heterocycles. The third-order valence-corrected chi connectivity index (χ3v) is 5.16. The van der Waals surface area contributed by atoms with Crippen molar-refractivity contribution in [2.24, 2.45) is 0 Å². The molecule has 0 bridgehead atoms. The van der Waals surface area contributed by atoms with Crippen LogP contribution in [0.25, 0.3) is 10.8 Å². The second kappa shape index (κ2) is 9.89. The average molecular weight is 428 g/mol. The summed E-state index contributed by atoms with van der Waals surface area (Å²) < 4.78 is 1.20. The van der Waals surface area contributed by atoms with Gasteiger partial charge in [0, 0.05) is 19.5 Å². The van der Waals surface area contributed by atoms with Gasteiger partial charge in [-0.15, -0.1) is 0 Å². The molecule has 0 fully saturated rings. The van der Waals surface area contributed by atoms with E-state index in [0.717, 1.165) is 11.1 Å². The smallest absolute Gasteiger partial charge is 0.273 e. The number of hydrogen-bond acceptors (Lipinski definition) is 4. The lowest BCUT2D eigenvalue weighted by molar-refractivity contribution is -0.126. The van der Waals surface area contributed by atoms with Crippen LogP contribution in [0.3, 0.4) is 0 Å². The first-order chi connectivity index (χ1) is 15.6. The Labute approximate surface area is 184 Å². The molecule has 4 rings (SSSR count). The summed E-state index contributed by atoms with van der Waals surface area (Å²) in [6, 6.07) is 26.4. The van der Waals surface area contributed by atoms with E-state index in [2.05, 4.69) is 10.5 Å². The van der Waals surface area contributed by atoms with Gasteiger partial charge in [-0.25, -0.2) is 9.69 Å². The largest absolute Gasteiger partial charge is 0.288 e. The monoisotopic (exact) mass is 428 g/mol. The van der Waals surface area contributed by atoms with Crippen molar-refractivity contribution in [3.05, 3.63) is 117 Å². The Morgan fingerprint density at radius 2 is 1.31 bits per heavy atom. The zero-order chi connectivity index (χ0) is 22.3. The van der Waals surface area contributed by atoms with Crippen molar-refractivity contribution < 1.29 is 4.79 Å². The predicted octanol–water partition coefficient (Wildman–Crippen LogP) is 2.81. The number of carbonyl (C=O) groups excluding carboxylic acids is 1. The third kappa shape index (κ3) is 5.19. The molecule has 0 atom stereocenters. The fourth-order valence-corrected chi connectivity index (χ4v) is 3.59. The molecule has 1 aromatic heterocycles. The van der Waals surface area contributed by atoms with Crippen molar-refractivity contribution in [2.45, 2.75) is 26.1 Å². The first-order valence-electron chi connectivity index (χ1n) is 10.4. The van der Waals surface area contributed by atoms with Crippen LogP contribution in [-0.2, 0) is 24.4 Å². The van der Waals surface area contributed by atoms with Crippen LogP contribution in [0.15, 0.2) is 94.5 Å². The molecule has 4 aromatic rings. The molecule has 1 amide bonds. The van der Waals surface area contributed by atoms with E-state index >= 15 is 0 Å². The molecular weight excluding hydrogens is 404 g/mol. The minimum atomic E-state index is -0.351. The molecule has 7 heteroatoms. The number of benzene rings is 3. The molecule has 162 valence electrons. The maximum Gasteiger partial charge on any atom is 0.273 e. The van der Waals surface area contributed by atoms with E-state index in [0.29, 0.717) is 23.9 Å². The molecule has 0 aliphatic carbocycles. The van der Waals surface area contributed by atoms with Gasteiger partial charge >= 0.3 is 0 Å². The van der Waals surface area contributed by atoms with Gasteiger partial charge < -0.3 is 0 Å². The van der Waals surface area contributed by atoms with Gasteiger partial charge in [0.25, 0.3) is 11.1 Å². The molecule has 7 nitrogen and oxygen atoms in total. The summed E-state index contributed by atoms with van der Waals surface area (Å²) in [5.41, 5.74) is 4.41. The lowest BCUT2D eigenvalue weighted by Gasteiger charge is -2.23. The van der Waals surface area contributed by atoms with E-state index in [1.807, 2.05) is 65.7 Å². The number of H-pyrrole nitrogens is 1. The molecule has 0 aliphatic heterocycles. The van der Waals surface area contributed by atoms with Crippen molar-refractivity contribution in [3.63, 3.8) is 0 Å². The van der Waals surface area contributed by atoms with Crippen LogP contribution in [0.2, 0.25) is 0 Å². The highest BCUT2D eigenvalue weighted by atomic mass is 16.2. The third-order valence-electron chi connectivity index (χ3n) is 5.16. The van der Waals surface area contributed by atoms with E-state index in [9.17, 15) is 14.4 Å². The van der Waals surface area contributed by atoms with Gasteiger partial charge in [0.15, 0.2) is 0 Å². The van der Waals surface area contributed by atoms with Crippen LogP contribution in [0, 0.1) is 0 Å². The normalized spacial score (nSPS) is 11.0. The Morgan fingerprint density at radius 1 is 0.781 bits per heavy atom. The maximum atomic E-state index is 12.7. The van der Waals surface area contributed by atoms with Gasteiger partial charge in [-0.3, -0.25) is 24.9 Å². The number of aromatic amines is 1. The Bertz CT molecular complexity index is 1270. The van der Waals surface area contributed by atoms with E-state index in [1.54, 1.807) is 24.3 Å². The number of amides is 1. The Kier molecular flexibility index (Phi) is 6.57. The highest BCUT2D eigenvalue weighted by molar-refractivity contribution is 5.80. The van der Waals surface area contributed by atoms with Crippen molar-refractivity contribution in [3.8, 4) is 0 Å². The number of nitrogens with one attached hydrogen (secondary N) is 2. The van der Waals surface area contributed by atoms with Crippen LogP contribution in [-0.4, -0.2) is 20.7 Å². The molecule has 32 heavy (non-hydrogen) atoms. The predicted molar refractivity (Wildman–Crippen MR) is 124 cm³/mol. The average Bonchev–Trinajstić information content (AvgIpc) is 2.82. The minimum Gasteiger partial charge on any atom is -0.288 e. The van der Waals surface area contributed by atoms with Gasteiger partial charge in [-0.2, -0.15) is 0 Å². The molecule has 0 radical (unpaired) electrons. The van der Waals surface area contributed by atoms with Gasteiger partial charge in [0.2, 0.25) is 5.91 Å². The molecule has 0 saturated heterocycles. The van der Waals surface area contributed by atoms with E-state index in [1.165, 1.54) is 4.68 Å². The Balaban J connectivity index is 1.46. The van der Waals surface area contributed by atoms with Crippen LogP contribution in [0.1, 0.15) is 17.5 Å². The number of carbonyl (C=O) groups is 1. The molecule has 0 spiro atoms. The lowest BCUT2D eigenvalue weighted by Crippen LogP contribution is -2.42. The number of aromatic nitrogens is 2. The van der Waals surface area contributed by atoms with Crippen molar-refractivity contribution >= 4 is 16.7 Å². The summed E-state index contributed by atoms with van der Waals surface area (Å²) >= 11 is 0. The number of hydrazine groups is 1. The van der Waals surface area contributed by atoms with Gasteiger partial charge in [-0.1, -0.05) is 72.8 Å². The van der Waals surface area contributed by atoms with Gasteiger partial charge in [0.05, 0.1) is 17.3 Å². The molecule has 2 N–H and O–H groups in total. The topological polar surface area (TPSA) is 87.2 Å². The van der Waals surface area contributed by atoms with Crippen LogP contribution in [0.5, 0.6) is 0 Å². The fourth-order valence-electron chi connectivity index (χ4n) is 3.59. The highest BCUT2D eigenvalue weighted by Crippen LogP contribution is 2.08. The van der Waals surface area contributed by atoms with E-state index in [-0.39, 0.29) is 30.0 Å². The maximum absolute atomic E-state index is 12.7. The van der Waals surface area contributed by atoms with Crippen molar-refractivity contribution in [1.82, 2.24) is 20.2 Å². The molecule has 0 saturated carbocycles. The SMILES string of the molecule is O=C(CCn1[nH]c(=O)c2ccccc2c1=O)NN(Cc1ccccc1)Cc1ccccc1. The highest BCUT2D eigenvalue weighted by Gasteiger charge is 2.13. The number of fused-ring (bicyclic) bond motifs is 1. The molecule has 0 aliphatic rings. The molecule has 0 unspecified atom stereocenters. The second-order valence-electron chi connectivity index (χ2n) is 7.56. The number of aryl methyl sites for hydroxylation is 1. The number of rotatable bonds is 8. The zero-order valence-electron chi connectivity index (χ0n) is 17.5. The van der Waals surface area contributed by atoms with Crippen LogP contribution >= 0.6 is 0 Å². The zero-order valence-corrected chi connectivity index (χ0v) is 17.5. The van der Waals surface area contributed by atoms with E-state index < -0.39 is 0 Å². The molecule has 3 aromatic carbocycles. The quantitative estimate of drug-likeness (QED) is 0.423. The van der Waals surface area contributed by atoms with Gasteiger partial charge in [-0.05, 0) is 23.3 Å². The summed E-state index contributed by atoms with van der Waals surface area (Å²) in [5.74, 6) is -0.238. The Hall–Kier alpha value is -3.97. The van der Waals surface area contributed by atoms with Crippen LogP contribution < -0.4 is 16.5 Å². The minimum absolute atomic E-state index is 0.0499. The number of hydrogen-bond donors (Lipinski definition) is 2. The summed E-state index contributed by atoms with van der Waals surface area (Å²) in [6.07, 6.45) is 0.0499. The number of nitrogens with zero attached hydrogens (tertiary/aromatic N) is 2. The summed E-state index contributed by atoms with van der Waals surface area (Å²) in [4.78, 5) is 37.6. The Morgan fingerprint density at radius 3 is 1.91 bits per heavy atom. The fraction of sp³-hybridized carbons (Fsp3) is 0.160. The van der Waals surface area contributed by atoms with E-state index in [4.69, 9.17) is 0 Å². The van der Waals surface area contributed by atoms with Crippen LogP contribution in [0.4, 0.5) is 0 Å². The second-order valence-corrected chi connectivity index (χ2v) is 7.56. The first-order valence-corrected chi connectivity index (χ1v) is 10.4. The van der Waals surface area contributed by atoms with Gasteiger partial charge in [0.1, 0.15) is 0 Å². The summed E-state index contributed by atoms with van der Waals surface area (Å²) in [6.45, 7) is 1.15. The first kappa shape index (κ1) is 21.3. The molecular formula is C25H24N4O3. The lowest BCUT2D eigenvalue weighted by atomic mass is 10.2. The summed E-state index contributed by atoms with van der Waals surface area (Å²) in [7, 11) is 0. The van der Waals surface area contributed by atoms with Crippen molar-refractivity contribution in [2.75, 3.05) is 0 Å². The van der Waals surface area contributed by atoms with Crippen molar-refractivity contribution in [1.29, 1.82) is 0 Å². The standard InChI is InChI=1S/C25H24N4O3/c30-23(15-16-29-25(32)22-14-8-7-13-21(22)24(31)27-29)26-28(17-19-9-3-1-4-10-19)18-20-11-5-2-6-12-20/h1-14H,15-18H2,(H,26,30)(H,27,31).